The molecule has 0 bridgehead atoms. The Bertz CT molecular complexity index is 1750. The van der Waals surface area contributed by atoms with Crippen LogP contribution in [0.5, 0.6) is 11.5 Å². The normalized spacial score (nSPS) is 12.6. The molecule has 2 atom stereocenters. The number of nitrogens with one attached hydrogen (secondary N) is 1. The van der Waals surface area contributed by atoms with E-state index in [4.69, 9.17) is 14.2 Å². The van der Waals surface area contributed by atoms with Crippen LogP contribution in [0.25, 0.3) is 17.1 Å². The second kappa shape index (κ2) is 12.0. The molecule has 41 heavy (non-hydrogen) atoms. The fraction of sp³-hybridized carbons (Fsp3) is 0.250. The summed E-state index contributed by atoms with van der Waals surface area (Å²) in [6, 6.07) is 15.4. The number of nitrogens with zero attached hydrogens (tertiary/aromatic N) is 6. The number of nitriles is 2. The Morgan fingerprint density at radius 2 is 1.68 bits per heavy atom. The number of para-hydroxylation sites is 1. The van der Waals surface area contributed by atoms with Gasteiger partial charge in [0.05, 0.1) is 37.5 Å². The first-order valence-electron chi connectivity index (χ1n) is 12.3. The highest BCUT2D eigenvalue weighted by Crippen LogP contribution is 2.38. The smallest absolute Gasteiger partial charge is 0.243 e. The Morgan fingerprint density at radius 1 is 0.976 bits per heavy atom. The third-order valence-electron chi connectivity index (χ3n) is 6.43. The van der Waals surface area contributed by atoms with Crippen molar-refractivity contribution in [3.63, 3.8) is 0 Å². The minimum Gasteiger partial charge on any atom is -0.494 e. The summed E-state index contributed by atoms with van der Waals surface area (Å²) in [5.74, 6) is 0.916. The van der Waals surface area contributed by atoms with Gasteiger partial charge in [0.25, 0.3) is 0 Å². The number of hydrogen-bond donors (Lipinski definition) is 1. The first-order valence-corrected chi connectivity index (χ1v) is 13.8. The summed E-state index contributed by atoms with van der Waals surface area (Å²) in [7, 11) is 0.0824. The summed E-state index contributed by atoms with van der Waals surface area (Å²) in [5, 5.41) is 26.1. The lowest BCUT2D eigenvalue weighted by molar-refractivity contribution is 0.102. The molecule has 2 aromatic heterocycles. The van der Waals surface area contributed by atoms with E-state index in [2.05, 4.69) is 19.9 Å². The number of methoxy groups -OCH3 is 3. The molecule has 2 heterocycles. The van der Waals surface area contributed by atoms with Crippen molar-refractivity contribution in [2.75, 3.05) is 26.1 Å². The van der Waals surface area contributed by atoms with Crippen LogP contribution in [0, 0.1) is 29.6 Å². The van der Waals surface area contributed by atoms with E-state index in [9.17, 15) is 18.9 Å². The summed E-state index contributed by atoms with van der Waals surface area (Å²) in [6.07, 6.45) is 2.22. The first kappa shape index (κ1) is 29.0. The Morgan fingerprint density at radius 3 is 2.27 bits per heavy atom. The molecule has 2 aromatic carbocycles. The van der Waals surface area contributed by atoms with Gasteiger partial charge >= 0.3 is 0 Å². The van der Waals surface area contributed by atoms with Crippen LogP contribution in [-0.2, 0) is 14.8 Å². The second-order valence-corrected chi connectivity index (χ2v) is 11.0. The zero-order chi connectivity index (χ0) is 29.7. The van der Waals surface area contributed by atoms with Gasteiger partial charge in [-0.15, -0.1) is 10.2 Å². The van der Waals surface area contributed by atoms with E-state index in [0.29, 0.717) is 28.3 Å². The lowest BCUT2D eigenvalue weighted by Crippen LogP contribution is -2.33. The molecule has 0 aliphatic heterocycles. The van der Waals surface area contributed by atoms with E-state index in [-0.39, 0.29) is 22.9 Å². The highest BCUT2D eigenvalue weighted by Gasteiger charge is 2.35. The van der Waals surface area contributed by atoms with Crippen LogP contribution in [0.4, 0.5) is 5.95 Å². The third kappa shape index (κ3) is 5.68. The molecule has 0 saturated carbocycles. The highest BCUT2D eigenvalue weighted by atomic mass is 32.2. The maximum Gasteiger partial charge on any atom is 0.243 e. The molecule has 12 nitrogen and oxygen atoms in total. The van der Waals surface area contributed by atoms with Gasteiger partial charge in [0.15, 0.2) is 5.82 Å². The number of pyridine rings is 1. The van der Waals surface area contributed by atoms with Crippen molar-refractivity contribution in [3.05, 3.63) is 77.1 Å². The molecule has 13 heteroatoms. The standard InChI is InChI=1S/C28H27N7O5S/c1-17-11-21(16-31-15-17)27-32-33-28(35(27)25-23(38-3)7-6-8-24(25)39-4)34-41(36,37)18(2)26(40-5)22-10-9-19(13-29)12-20(22)14-30/h6-12,15-16,18,26H,1-5H3,(H,33,34)/t18-,26-/m0/s1. The molecule has 0 aliphatic rings. The largest absolute Gasteiger partial charge is 0.494 e. The number of benzene rings is 2. The maximum absolute atomic E-state index is 13.8. The van der Waals surface area contributed by atoms with Crippen molar-refractivity contribution in [2.24, 2.45) is 0 Å². The number of aromatic nitrogens is 4. The van der Waals surface area contributed by atoms with E-state index in [1.54, 1.807) is 30.6 Å². The molecule has 4 aromatic rings. The average molecular weight is 574 g/mol. The van der Waals surface area contributed by atoms with Crippen LogP contribution in [-0.4, -0.2) is 54.7 Å². The molecule has 0 unspecified atom stereocenters. The number of sulfonamides is 1. The molecular weight excluding hydrogens is 546 g/mol. The van der Waals surface area contributed by atoms with Gasteiger partial charge < -0.3 is 14.2 Å². The van der Waals surface area contributed by atoms with Crippen molar-refractivity contribution < 1.29 is 22.6 Å². The van der Waals surface area contributed by atoms with Crippen LogP contribution in [0.3, 0.4) is 0 Å². The van der Waals surface area contributed by atoms with Gasteiger partial charge in [0, 0.05) is 25.1 Å². The van der Waals surface area contributed by atoms with Gasteiger partial charge in [-0.1, -0.05) is 12.1 Å². The summed E-state index contributed by atoms with van der Waals surface area (Å²) in [6.45, 7) is 3.32. The van der Waals surface area contributed by atoms with Gasteiger partial charge in [-0.25, -0.2) is 8.42 Å². The third-order valence-corrected chi connectivity index (χ3v) is 8.13. The number of anilines is 1. The van der Waals surface area contributed by atoms with Crippen molar-refractivity contribution in [1.82, 2.24) is 19.7 Å². The molecule has 4 rings (SSSR count). The molecule has 0 spiro atoms. The van der Waals surface area contributed by atoms with Crippen molar-refractivity contribution in [3.8, 4) is 40.7 Å². The van der Waals surface area contributed by atoms with Gasteiger partial charge in [0.1, 0.15) is 28.5 Å². The Kier molecular flexibility index (Phi) is 8.52. The summed E-state index contributed by atoms with van der Waals surface area (Å²) in [4.78, 5) is 4.24. The fourth-order valence-corrected chi connectivity index (χ4v) is 5.56. The minimum atomic E-state index is -4.23. The molecule has 0 saturated heterocycles. The Labute approximate surface area is 237 Å². The molecule has 1 N–H and O–H groups in total. The molecule has 0 aliphatic carbocycles. The summed E-state index contributed by atoms with van der Waals surface area (Å²) >= 11 is 0. The number of ether oxygens (including phenoxy) is 3. The molecule has 0 fully saturated rings. The van der Waals surface area contributed by atoms with Gasteiger partial charge in [0.2, 0.25) is 16.0 Å². The number of hydrogen-bond acceptors (Lipinski definition) is 10. The van der Waals surface area contributed by atoms with Gasteiger partial charge in [-0.3, -0.25) is 14.3 Å². The molecular formula is C28H27N7O5S. The lowest BCUT2D eigenvalue weighted by Gasteiger charge is -2.25. The zero-order valence-corrected chi connectivity index (χ0v) is 23.8. The molecule has 210 valence electrons. The van der Waals surface area contributed by atoms with Crippen molar-refractivity contribution in [1.29, 1.82) is 10.5 Å². The maximum atomic E-state index is 13.8. The topological polar surface area (TPSA) is 165 Å². The van der Waals surface area contributed by atoms with Crippen LogP contribution < -0.4 is 14.2 Å². The van der Waals surface area contributed by atoms with Crippen LogP contribution in [0.15, 0.2) is 54.9 Å². The first-order chi connectivity index (χ1) is 19.7. The average Bonchev–Trinajstić information content (AvgIpc) is 3.39. The number of rotatable bonds is 10. The summed E-state index contributed by atoms with van der Waals surface area (Å²) in [5.41, 5.74) is 2.53. The zero-order valence-electron chi connectivity index (χ0n) is 23.0. The predicted octanol–water partition coefficient (Wildman–Crippen LogP) is 3.92. The van der Waals surface area contributed by atoms with Crippen LogP contribution in [0.2, 0.25) is 0 Å². The molecule has 0 amide bonds. The van der Waals surface area contributed by atoms with Gasteiger partial charge in [-0.05, 0) is 55.3 Å². The fourth-order valence-electron chi connectivity index (χ4n) is 4.40. The predicted molar refractivity (Wildman–Crippen MR) is 150 cm³/mol. The Balaban J connectivity index is 1.85. The van der Waals surface area contributed by atoms with E-state index in [1.165, 1.54) is 51.0 Å². The molecule has 0 radical (unpaired) electrons. The number of aryl methyl sites for hydroxylation is 1. The monoisotopic (exact) mass is 573 g/mol. The van der Waals surface area contributed by atoms with Crippen LogP contribution >= 0.6 is 0 Å². The highest BCUT2D eigenvalue weighted by molar-refractivity contribution is 7.93. The second-order valence-electron chi connectivity index (χ2n) is 8.98. The Hall–Kier alpha value is -4.98. The van der Waals surface area contributed by atoms with E-state index >= 15 is 0 Å². The SMILES string of the molecule is COc1cccc(OC)c1-n1c(NS(=O)(=O)[C@@H](C)[C@H](OC)c2ccc(C#N)cc2C#N)nnc1-c1cncc(C)c1. The lowest BCUT2D eigenvalue weighted by atomic mass is 9.99. The van der Waals surface area contributed by atoms with Crippen molar-refractivity contribution >= 4 is 16.0 Å². The van der Waals surface area contributed by atoms with E-state index in [0.717, 1.165) is 5.56 Å². The van der Waals surface area contributed by atoms with E-state index < -0.39 is 21.4 Å². The van der Waals surface area contributed by atoms with Gasteiger partial charge in [-0.2, -0.15) is 10.5 Å². The van der Waals surface area contributed by atoms with E-state index in [1.807, 2.05) is 25.1 Å². The summed E-state index contributed by atoms with van der Waals surface area (Å²) < 4.78 is 48.4. The quantitative estimate of drug-likeness (QED) is 0.294. The van der Waals surface area contributed by atoms with Crippen LogP contribution in [0.1, 0.15) is 35.3 Å². The van der Waals surface area contributed by atoms with Crippen molar-refractivity contribution in [2.45, 2.75) is 25.2 Å². The minimum absolute atomic E-state index is 0.133.